The number of nitriles is 1. The summed E-state index contributed by atoms with van der Waals surface area (Å²) in [5, 5.41) is 12.7. The molecule has 1 saturated heterocycles. The Labute approximate surface area is 211 Å². The van der Waals surface area contributed by atoms with E-state index in [0.717, 1.165) is 36.8 Å². The molecule has 5 rings (SSSR count). The van der Waals surface area contributed by atoms with Crippen molar-refractivity contribution in [1.82, 2.24) is 10.3 Å². The topological polar surface area (TPSA) is 90.7 Å². The van der Waals surface area contributed by atoms with E-state index in [9.17, 15) is 4.79 Å². The highest BCUT2D eigenvalue weighted by molar-refractivity contribution is 6.05. The molecule has 0 aliphatic carbocycles. The van der Waals surface area contributed by atoms with E-state index in [0.29, 0.717) is 36.7 Å². The molecule has 2 aromatic carbocycles. The van der Waals surface area contributed by atoms with Crippen LogP contribution < -0.4 is 24.6 Å². The molecule has 36 heavy (non-hydrogen) atoms. The molecule has 0 saturated carbocycles. The molecule has 0 radical (unpaired) electrons. The number of amides is 1. The van der Waals surface area contributed by atoms with Gasteiger partial charge in [-0.2, -0.15) is 5.26 Å². The number of aromatic nitrogens is 1. The fourth-order valence-corrected chi connectivity index (χ4v) is 4.74. The van der Waals surface area contributed by atoms with Gasteiger partial charge in [0.25, 0.3) is 5.91 Å². The van der Waals surface area contributed by atoms with E-state index in [-0.39, 0.29) is 17.9 Å². The minimum absolute atomic E-state index is 0.133. The summed E-state index contributed by atoms with van der Waals surface area (Å²) in [5.41, 5.74) is 2.09. The summed E-state index contributed by atoms with van der Waals surface area (Å²) in [6.45, 7) is 6.23. The van der Waals surface area contributed by atoms with Crippen LogP contribution in [0, 0.1) is 17.2 Å². The number of nitrogens with zero attached hydrogens (tertiary/aromatic N) is 4. The van der Waals surface area contributed by atoms with Gasteiger partial charge in [0.2, 0.25) is 0 Å². The fourth-order valence-electron chi connectivity index (χ4n) is 4.74. The first-order chi connectivity index (χ1) is 17.6. The molecule has 1 amide bonds. The molecule has 1 N–H and O–H groups in total. The minimum Gasteiger partial charge on any atom is -0.486 e. The van der Waals surface area contributed by atoms with Crippen LogP contribution in [0.5, 0.6) is 11.5 Å². The fraction of sp³-hybridized carbons (Fsp3) is 0.321. The van der Waals surface area contributed by atoms with Crippen LogP contribution in [0.2, 0.25) is 0 Å². The molecule has 0 bridgehead atoms. The van der Waals surface area contributed by atoms with Crippen LogP contribution in [0.3, 0.4) is 0 Å². The highest BCUT2D eigenvalue weighted by atomic mass is 16.6. The summed E-state index contributed by atoms with van der Waals surface area (Å²) in [7, 11) is 0. The van der Waals surface area contributed by atoms with E-state index in [1.807, 2.05) is 30.3 Å². The zero-order chi connectivity index (χ0) is 24.9. The first-order valence-electron chi connectivity index (χ1n) is 12.2. The number of rotatable bonds is 6. The van der Waals surface area contributed by atoms with Crippen molar-refractivity contribution in [1.29, 1.82) is 5.26 Å². The first kappa shape index (κ1) is 23.6. The number of anilines is 2. The normalized spacial score (nSPS) is 17.7. The van der Waals surface area contributed by atoms with Gasteiger partial charge in [0.1, 0.15) is 19.0 Å². The first-order valence-corrected chi connectivity index (χ1v) is 12.2. The van der Waals surface area contributed by atoms with Gasteiger partial charge in [-0.1, -0.05) is 19.1 Å². The largest absolute Gasteiger partial charge is 0.486 e. The number of ether oxygens (including phenoxy) is 2. The van der Waals surface area contributed by atoms with Gasteiger partial charge in [0, 0.05) is 44.0 Å². The molecule has 2 atom stereocenters. The summed E-state index contributed by atoms with van der Waals surface area (Å²) in [6.07, 6.45) is 1.69. The average molecular weight is 484 g/mol. The lowest BCUT2D eigenvalue weighted by molar-refractivity contribution is 0.0980. The number of piperazine rings is 1. The Balaban J connectivity index is 1.35. The third-order valence-corrected chi connectivity index (χ3v) is 6.68. The van der Waals surface area contributed by atoms with Gasteiger partial charge in [0.15, 0.2) is 11.5 Å². The van der Waals surface area contributed by atoms with Gasteiger partial charge in [-0.25, -0.2) is 4.98 Å². The van der Waals surface area contributed by atoms with Gasteiger partial charge in [-0.3, -0.25) is 9.69 Å². The molecular weight excluding hydrogens is 454 g/mol. The molecule has 3 aromatic rings. The van der Waals surface area contributed by atoms with Gasteiger partial charge in [-0.05, 0) is 54.4 Å². The monoisotopic (exact) mass is 483 g/mol. The molecule has 8 nitrogen and oxygen atoms in total. The minimum atomic E-state index is -0.139. The predicted octanol–water partition coefficient (Wildman–Crippen LogP) is 3.49. The summed E-state index contributed by atoms with van der Waals surface area (Å²) >= 11 is 0. The van der Waals surface area contributed by atoms with Crippen LogP contribution >= 0.6 is 0 Å². The van der Waals surface area contributed by atoms with Crippen molar-refractivity contribution >= 4 is 17.4 Å². The lowest BCUT2D eigenvalue weighted by Gasteiger charge is -2.40. The quantitative estimate of drug-likeness (QED) is 0.574. The lowest BCUT2D eigenvalue weighted by atomic mass is 9.97. The SMILES string of the molecule is CC(CN(C(=O)c1ccc(C#N)cc1)c1ccccn1)C1CN(c2cccc3c2OCCO3)CCN1. The third kappa shape index (κ3) is 4.97. The van der Waals surface area contributed by atoms with Crippen LogP contribution in [-0.2, 0) is 0 Å². The maximum absolute atomic E-state index is 13.6. The van der Waals surface area contributed by atoms with Crippen LogP contribution in [0.1, 0.15) is 22.8 Å². The van der Waals surface area contributed by atoms with Crippen molar-refractivity contribution in [2.24, 2.45) is 5.92 Å². The Morgan fingerprint density at radius 1 is 1.17 bits per heavy atom. The van der Waals surface area contributed by atoms with E-state index in [1.165, 1.54) is 0 Å². The Morgan fingerprint density at radius 3 is 2.78 bits per heavy atom. The van der Waals surface area contributed by atoms with E-state index in [4.69, 9.17) is 14.7 Å². The van der Waals surface area contributed by atoms with Crippen molar-refractivity contribution < 1.29 is 14.3 Å². The number of para-hydroxylation sites is 1. The van der Waals surface area contributed by atoms with E-state index in [1.54, 1.807) is 35.4 Å². The van der Waals surface area contributed by atoms with Crippen molar-refractivity contribution in [2.75, 3.05) is 49.2 Å². The molecule has 1 fully saturated rings. The van der Waals surface area contributed by atoms with Crippen molar-refractivity contribution in [3.8, 4) is 17.6 Å². The molecule has 3 heterocycles. The molecule has 184 valence electrons. The molecule has 2 unspecified atom stereocenters. The van der Waals surface area contributed by atoms with E-state index in [2.05, 4.69) is 34.3 Å². The number of carbonyl (C=O) groups excluding carboxylic acids is 1. The second-order valence-electron chi connectivity index (χ2n) is 9.08. The number of fused-ring (bicyclic) bond motifs is 1. The number of nitrogens with one attached hydrogen (secondary N) is 1. The van der Waals surface area contributed by atoms with Crippen LogP contribution in [-0.4, -0.2) is 56.3 Å². The predicted molar refractivity (Wildman–Crippen MR) is 138 cm³/mol. The molecule has 2 aliphatic heterocycles. The van der Waals surface area contributed by atoms with Gasteiger partial charge < -0.3 is 19.7 Å². The second kappa shape index (κ2) is 10.7. The van der Waals surface area contributed by atoms with Gasteiger partial charge in [0.05, 0.1) is 17.3 Å². The molecule has 1 aromatic heterocycles. The Bertz CT molecular complexity index is 1240. The maximum atomic E-state index is 13.6. The van der Waals surface area contributed by atoms with Crippen molar-refractivity contribution in [3.63, 3.8) is 0 Å². The average Bonchev–Trinajstić information content (AvgIpc) is 2.95. The summed E-state index contributed by atoms with van der Waals surface area (Å²) in [6, 6.07) is 20.6. The lowest BCUT2D eigenvalue weighted by Crippen LogP contribution is -2.55. The van der Waals surface area contributed by atoms with Crippen LogP contribution in [0.25, 0.3) is 0 Å². The molecule has 0 spiro atoms. The van der Waals surface area contributed by atoms with E-state index < -0.39 is 0 Å². The second-order valence-corrected chi connectivity index (χ2v) is 9.08. The van der Waals surface area contributed by atoms with Gasteiger partial charge >= 0.3 is 0 Å². The Morgan fingerprint density at radius 2 is 2.00 bits per heavy atom. The Hall–Kier alpha value is -4.09. The molecular formula is C28H29N5O3. The van der Waals surface area contributed by atoms with Crippen LogP contribution in [0.15, 0.2) is 66.9 Å². The number of hydrogen-bond acceptors (Lipinski definition) is 7. The highest BCUT2D eigenvalue weighted by Gasteiger charge is 2.30. The van der Waals surface area contributed by atoms with Crippen molar-refractivity contribution in [2.45, 2.75) is 13.0 Å². The number of hydrogen-bond donors (Lipinski definition) is 1. The number of benzene rings is 2. The van der Waals surface area contributed by atoms with Gasteiger partial charge in [-0.15, -0.1) is 0 Å². The third-order valence-electron chi connectivity index (χ3n) is 6.68. The Kier molecular flexibility index (Phi) is 7.01. The number of carbonyl (C=O) groups is 1. The van der Waals surface area contributed by atoms with Crippen molar-refractivity contribution in [3.05, 3.63) is 78.0 Å². The van der Waals surface area contributed by atoms with Crippen LogP contribution in [0.4, 0.5) is 11.5 Å². The summed E-state index contributed by atoms with van der Waals surface area (Å²) < 4.78 is 11.7. The zero-order valence-electron chi connectivity index (χ0n) is 20.3. The standard InChI is InChI=1S/C28H29N5O3/c1-20(23-19-32(14-13-30-23)24-5-4-6-25-27(24)36-16-15-35-25)18-33(26-7-2-3-12-31-26)28(34)22-10-8-21(17-29)9-11-22/h2-12,20,23,30H,13-16,18-19H2,1H3. The number of pyridine rings is 1. The van der Waals surface area contributed by atoms with E-state index >= 15 is 0 Å². The molecule has 8 heteroatoms. The summed E-state index contributed by atoms with van der Waals surface area (Å²) in [5.74, 6) is 2.20. The summed E-state index contributed by atoms with van der Waals surface area (Å²) in [4.78, 5) is 22.1. The highest BCUT2D eigenvalue weighted by Crippen LogP contribution is 2.40. The zero-order valence-corrected chi connectivity index (χ0v) is 20.3. The molecule has 2 aliphatic rings. The maximum Gasteiger partial charge on any atom is 0.259 e. The smallest absolute Gasteiger partial charge is 0.259 e.